The molecule has 0 saturated heterocycles. The summed E-state index contributed by atoms with van der Waals surface area (Å²) < 4.78 is 21.4. The van der Waals surface area contributed by atoms with Crippen molar-refractivity contribution in [1.82, 2.24) is 0 Å². The molecule has 0 radical (unpaired) electrons. The SMILES string of the molecule is COc1cc(/C(=C\C#N)c2cc(OC)c(OC)c(OC)c2)ccc1N. The van der Waals surface area contributed by atoms with Gasteiger partial charge in [0.2, 0.25) is 5.75 Å². The molecule has 25 heavy (non-hydrogen) atoms. The normalized spacial score (nSPS) is 10.8. The first kappa shape index (κ1) is 18.0. The minimum atomic E-state index is 0.486. The van der Waals surface area contributed by atoms with E-state index in [-0.39, 0.29) is 0 Å². The van der Waals surface area contributed by atoms with Gasteiger partial charge in [-0.2, -0.15) is 5.26 Å². The van der Waals surface area contributed by atoms with Crippen molar-refractivity contribution in [2.75, 3.05) is 34.2 Å². The topological polar surface area (TPSA) is 86.7 Å². The number of anilines is 1. The summed E-state index contributed by atoms with van der Waals surface area (Å²) in [5.41, 5.74) is 8.60. The van der Waals surface area contributed by atoms with Crippen LogP contribution in [0.25, 0.3) is 5.57 Å². The Bertz CT molecular complexity index is 813. The lowest BCUT2D eigenvalue weighted by Crippen LogP contribution is -1.98. The Morgan fingerprint density at radius 3 is 1.92 bits per heavy atom. The van der Waals surface area contributed by atoms with Gasteiger partial charge in [-0.15, -0.1) is 0 Å². The number of hydrogen-bond donors (Lipinski definition) is 1. The molecule has 2 aromatic rings. The lowest BCUT2D eigenvalue weighted by molar-refractivity contribution is 0.324. The summed E-state index contributed by atoms with van der Waals surface area (Å²) in [5, 5.41) is 9.22. The molecular weight excluding hydrogens is 320 g/mol. The number of nitrogens with two attached hydrogens (primary N) is 1. The van der Waals surface area contributed by atoms with Crippen LogP contribution in [0.5, 0.6) is 23.0 Å². The Kier molecular flexibility index (Phi) is 5.75. The second-order valence-corrected chi connectivity index (χ2v) is 5.06. The summed E-state index contributed by atoms with van der Waals surface area (Å²) in [7, 11) is 6.17. The Morgan fingerprint density at radius 2 is 1.44 bits per heavy atom. The Morgan fingerprint density at radius 1 is 0.880 bits per heavy atom. The lowest BCUT2D eigenvalue weighted by Gasteiger charge is -2.16. The van der Waals surface area contributed by atoms with Crippen LogP contribution in [0.1, 0.15) is 11.1 Å². The molecule has 0 heterocycles. The smallest absolute Gasteiger partial charge is 0.203 e. The van der Waals surface area contributed by atoms with Gasteiger partial charge in [0.15, 0.2) is 11.5 Å². The van der Waals surface area contributed by atoms with E-state index < -0.39 is 0 Å². The van der Waals surface area contributed by atoms with Crippen molar-refractivity contribution in [2.24, 2.45) is 0 Å². The first-order valence-electron chi connectivity index (χ1n) is 7.43. The van der Waals surface area contributed by atoms with E-state index in [1.165, 1.54) is 13.2 Å². The van der Waals surface area contributed by atoms with Gasteiger partial charge >= 0.3 is 0 Å². The van der Waals surface area contributed by atoms with Crippen LogP contribution in [0.4, 0.5) is 5.69 Å². The van der Waals surface area contributed by atoms with Gasteiger partial charge in [0.1, 0.15) is 5.75 Å². The van der Waals surface area contributed by atoms with Gasteiger partial charge in [-0.05, 0) is 41.0 Å². The zero-order chi connectivity index (χ0) is 18.4. The Balaban J connectivity index is 2.67. The number of ether oxygens (including phenoxy) is 4. The second kappa shape index (κ2) is 7.97. The number of allylic oxidation sites excluding steroid dienone is 1. The van der Waals surface area contributed by atoms with Gasteiger partial charge in [0, 0.05) is 6.08 Å². The standard InChI is InChI=1S/C19H20N2O4/c1-22-16-9-12(5-6-15(16)21)14(7-8-20)13-10-17(23-2)19(25-4)18(11-13)24-3/h5-7,9-11H,21H2,1-4H3/b14-7+. The highest BCUT2D eigenvalue weighted by molar-refractivity contribution is 5.84. The Labute approximate surface area is 147 Å². The quantitative estimate of drug-likeness (QED) is 0.641. The molecule has 2 aromatic carbocycles. The van der Waals surface area contributed by atoms with Crippen LogP contribution in [-0.4, -0.2) is 28.4 Å². The molecule has 0 aromatic heterocycles. The maximum Gasteiger partial charge on any atom is 0.203 e. The van der Waals surface area contributed by atoms with E-state index in [1.807, 2.05) is 6.07 Å². The first-order valence-corrected chi connectivity index (χ1v) is 7.43. The van der Waals surface area contributed by atoms with Crippen LogP contribution in [-0.2, 0) is 0 Å². The predicted octanol–water partition coefficient (Wildman–Crippen LogP) is 3.26. The largest absolute Gasteiger partial charge is 0.495 e. The number of nitrogens with zero attached hydrogens (tertiary/aromatic N) is 1. The average Bonchev–Trinajstić information content (AvgIpc) is 2.65. The molecule has 0 aliphatic heterocycles. The van der Waals surface area contributed by atoms with Gasteiger partial charge in [-0.25, -0.2) is 0 Å². The third-order valence-corrected chi connectivity index (χ3v) is 3.73. The fourth-order valence-corrected chi connectivity index (χ4v) is 2.51. The van der Waals surface area contributed by atoms with E-state index in [0.29, 0.717) is 34.3 Å². The predicted molar refractivity (Wildman–Crippen MR) is 96.2 cm³/mol. The van der Waals surface area contributed by atoms with Crippen LogP contribution in [0.3, 0.4) is 0 Å². The number of methoxy groups -OCH3 is 4. The van der Waals surface area contributed by atoms with Gasteiger partial charge in [-0.3, -0.25) is 0 Å². The minimum Gasteiger partial charge on any atom is -0.495 e. The van der Waals surface area contributed by atoms with Crippen LogP contribution < -0.4 is 24.7 Å². The van der Waals surface area contributed by atoms with Crippen molar-refractivity contribution in [3.05, 3.63) is 47.5 Å². The van der Waals surface area contributed by atoms with E-state index in [9.17, 15) is 5.26 Å². The summed E-state index contributed by atoms with van der Waals surface area (Å²) in [6.07, 6.45) is 1.45. The first-order chi connectivity index (χ1) is 12.1. The Hall–Kier alpha value is -3.33. The molecule has 0 aliphatic rings. The molecule has 6 nitrogen and oxygen atoms in total. The van der Waals surface area contributed by atoms with Crippen LogP contribution >= 0.6 is 0 Å². The van der Waals surface area contributed by atoms with Crippen molar-refractivity contribution in [2.45, 2.75) is 0 Å². The molecule has 130 valence electrons. The van der Waals surface area contributed by atoms with E-state index >= 15 is 0 Å². The summed E-state index contributed by atoms with van der Waals surface area (Å²) in [6.45, 7) is 0. The average molecular weight is 340 g/mol. The highest BCUT2D eigenvalue weighted by Crippen LogP contribution is 2.41. The third-order valence-electron chi connectivity index (χ3n) is 3.73. The molecule has 0 fully saturated rings. The molecule has 0 unspecified atom stereocenters. The molecule has 0 saturated carbocycles. The van der Waals surface area contributed by atoms with Gasteiger partial charge < -0.3 is 24.7 Å². The second-order valence-electron chi connectivity index (χ2n) is 5.06. The monoisotopic (exact) mass is 340 g/mol. The molecule has 2 rings (SSSR count). The summed E-state index contributed by atoms with van der Waals surface area (Å²) in [4.78, 5) is 0. The number of nitriles is 1. The van der Waals surface area contributed by atoms with Crippen molar-refractivity contribution in [1.29, 1.82) is 5.26 Å². The number of hydrogen-bond acceptors (Lipinski definition) is 6. The minimum absolute atomic E-state index is 0.486. The molecule has 0 atom stereocenters. The van der Waals surface area contributed by atoms with Gasteiger partial charge in [0.25, 0.3) is 0 Å². The van der Waals surface area contributed by atoms with Crippen molar-refractivity contribution in [3.8, 4) is 29.1 Å². The molecular formula is C19H20N2O4. The molecule has 0 aliphatic carbocycles. The van der Waals surface area contributed by atoms with E-state index in [1.54, 1.807) is 45.6 Å². The number of nitrogen functional groups attached to an aromatic ring is 1. The zero-order valence-corrected chi connectivity index (χ0v) is 14.6. The highest BCUT2D eigenvalue weighted by atomic mass is 16.5. The lowest BCUT2D eigenvalue weighted by atomic mass is 9.96. The highest BCUT2D eigenvalue weighted by Gasteiger charge is 2.17. The van der Waals surface area contributed by atoms with Crippen molar-refractivity contribution in [3.63, 3.8) is 0 Å². The molecule has 2 N–H and O–H groups in total. The van der Waals surface area contributed by atoms with Gasteiger partial charge in [-0.1, -0.05) is 6.07 Å². The maximum absolute atomic E-state index is 9.22. The summed E-state index contributed by atoms with van der Waals surface area (Å²) >= 11 is 0. The third kappa shape index (κ3) is 3.61. The van der Waals surface area contributed by atoms with Crippen molar-refractivity contribution < 1.29 is 18.9 Å². The van der Waals surface area contributed by atoms with Crippen LogP contribution in [0.2, 0.25) is 0 Å². The van der Waals surface area contributed by atoms with Crippen LogP contribution in [0, 0.1) is 11.3 Å². The van der Waals surface area contributed by atoms with E-state index in [0.717, 1.165) is 11.1 Å². The number of benzene rings is 2. The summed E-state index contributed by atoms with van der Waals surface area (Å²) in [6, 6.07) is 11.0. The number of rotatable bonds is 6. The fourth-order valence-electron chi connectivity index (χ4n) is 2.51. The maximum atomic E-state index is 9.22. The zero-order valence-electron chi connectivity index (χ0n) is 14.6. The molecule has 0 amide bonds. The fraction of sp³-hybridized carbons (Fsp3) is 0.211. The van der Waals surface area contributed by atoms with E-state index in [2.05, 4.69) is 6.07 Å². The van der Waals surface area contributed by atoms with Crippen LogP contribution in [0.15, 0.2) is 36.4 Å². The summed E-state index contributed by atoms with van der Waals surface area (Å²) in [5.74, 6) is 2.03. The molecule has 0 spiro atoms. The van der Waals surface area contributed by atoms with Gasteiger partial charge in [0.05, 0.1) is 40.2 Å². The van der Waals surface area contributed by atoms with E-state index in [4.69, 9.17) is 24.7 Å². The molecule has 6 heteroatoms. The molecule has 0 bridgehead atoms. The van der Waals surface area contributed by atoms with Crippen molar-refractivity contribution >= 4 is 11.3 Å².